The first-order valence-corrected chi connectivity index (χ1v) is 20.5. The first-order valence-electron chi connectivity index (χ1n) is 20.5. The summed E-state index contributed by atoms with van der Waals surface area (Å²) < 4.78 is 5.90. The van der Waals surface area contributed by atoms with Crippen molar-refractivity contribution in [2.75, 3.05) is 24.7 Å². The van der Waals surface area contributed by atoms with Gasteiger partial charge in [0.15, 0.2) is 0 Å². The van der Waals surface area contributed by atoms with Gasteiger partial charge in [-0.3, -0.25) is 0 Å². The van der Waals surface area contributed by atoms with Gasteiger partial charge in [-0.1, -0.05) is 178 Å². The summed E-state index contributed by atoms with van der Waals surface area (Å²) in [6, 6.07) is 16.8. The lowest BCUT2D eigenvalue weighted by Gasteiger charge is -2.06. The van der Waals surface area contributed by atoms with E-state index in [1.807, 2.05) is 24.3 Å². The van der Waals surface area contributed by atoms with Gasteiger partial charge in [0.05, 0.1) is 0 Å². The summed E-state index contributed by atoms with van der Waals surface area (Å²) in [6.45, 7) is 1.95. The van der Waals surface area contributed by atoms with Crippen molar-refractivity contribution in [3.8, 4) is 0 Å². The summed E-state index contributed by atoms with van der Waals surface area (Å²) in [5, 5.41) is 0. The molecule has 0 saturated heterocycles. The highest BCUT2D eigenvalue weighted by Gasteiger charge is 1.99. The van der Waals surface area contributed by atoms with Gasteiger partial charge in [-0.2, -0.15) is 0 Å². The second kappa shape index (κ2) is 31.3. The van der Waals surface area contributed by atoms with Gasteiger partial charge in [0, 0.05) is 24.6 Å². The molecule has 0 radical (unpaired) electrons. The number of hydrogen-bond donors (Lipinski definition) is 2. The molecule has 0 bridgehead atoms. The molecule has 2 rings (SSSR count). The summed E-state index contributed by atoms with van der Waals surface area (Å²) in [5.74, 6) is 0. The predicted octanol–water partition coefficient (Wildman–Crippen LogP) is 13.6. The van der Waals surface area contributed by atoms with Crippen LogP contribution in [0.15, 0.2) is 48.5 Å². The topological polar surface area (TPSA) is 61.3 Å². The van der Waals surface area contributed by atoms with E-state index in [-0.39, 0.29) is 0 Å². The van der Waals surface area contributed by atoms with Gasteiger partial charge in [0.25, 0.3) is 0 Å². The Bertz CT molecular complexity index is 834. The van der Waals surface area contributed by atoms with Crippen LogP contribution in [0.25, 0.3) is 0 Å². The Kier molecular flexibility index (Phi) is 27.4. The number of hydrogen-bond acceptors (Lipinski definition) is 3. The fourth-order valence-corrected chi connectivity index (χ4v) is 6.78. The third-order valence-corrected chi connectivity index (χ3v) is 9.97. The van der Waals surface area contributed by atoms with E-state index in [4.69, 9.17) is 16.2 Å². The summed E-state index contributed by atoms with van der Waals surface area (Å²) in [7, 11) is 0. The Hall–Kier alpha value is -2.00. The fraction of sp³-hybridized carbons (Fsp3) is 0.727. The Balaban J connectivity index is 1.15. The zero-order chi connectivity index (χ0) is 33.3. The molecule has 0 aromatic heterocycles. The Morgan fingerprint density at radius 2 is 0.489 bits per heavy atom. The lowest BCUT2D eigenvalue weighted by Crippen LogP contribution is -1.97. The van der Waals surface area contributed by atoms with Crippen LogP contribution in [0.3, 0.4) is 0 Å². The van der Waals surface area contributed by atoms with E-state index in [2.05, 4.69) is 24.3 Å². The molecule has 47 heavy (non-hydrogen) atoms. The van der Waals surface area contributed by atoms with Gasteiger partial charge in [-0.05, 0) is 73.9 Å². The van der Waals surface area contributed by atoms with Crippen LogP contribution in [0.2, 0.25) is 0 Å². The fourth-order valence-electron chi connectivity index (χ4n) is 6.78. The maximum absolute atomic E-state index is 5.90. The molecule has 0 heterocycles. The first kappa shape index (κ1) is 41.2. The summed E-state index contributed by atoms with van der Waals surface area (Å²) in [6.07, 6.45) is 41.4. The minimum Gasteiger partial charge on any atom is -0.399 e. The smallest absolute Gasteiger partial charge is 0.0466 e. The molecule has 0 aliphatic heterocycles. The van der Waals surface area contributed by atoms with Crippen LogP contribution in [-0.4, -0.2) is 13.2 Å². The molecule has 2 aromatic rings. The molecule has 0 fully saturated rings. The summed E-state index contributed by atoms with van der Waals surface area (Å²) in [4.78, 5) is 0. The third-order valence-electron chi connectivity index (χ3n) is 9.97. The van der Waals surface area contributed by atoms with Crippen LogP contribution in [0.4, 0.5) is 11.4 Å². The van der Waals surface area contributed by atoms with Crippen LogP contribution in [0.1, 0.15) is 191 Å². The highest BCUT2D eigenvalue weighted by atomic mass is 16.5. The molecule has 268 valence electrons. The molecule has 3 heteroatoms. The van der Waals surface area contributed by atoms with Crippen LogP contribution in [0.5, 0.6) is 0 Å². The number of unbranched alkanes of at least 4 members (excludes halogenated alkanes) is 26. The largest absolute Gasteiger partial charge is 0.399 e. The monoisotopic (exact) mass is 649 g/mol. The Labute approximate surface area is 292 Å². The Morgan fingerprint density at radius 3 is 0.745 bits per heavy atom. The highest BCUT2D eigenvalue weighted by Crippen LogP contribution is 2.16. The van der Waals surface area contributed by atoms with Crippen LogP contribution in [0, 0.1) is 0 Å². The van der Waals surface area contributed by atoms with Crippen LogP contribution in [-0.2, 0) is 17.6 Å². The normalized spacial score (nSPS) is 11.4. The molecular formula is C44H76N2O. The van der Waals surface area contributed by atoms with Crippen molar-refractivity contribution in [2.45, 2.75) is 193 Å². The zero-order valence-electron chi connectivity index (χ0n) is 30.8. The highest BCUT2D eigenvalue weighted by molar-refractivity contribution is 5.39. The number of nitrogen functional groups attached to an aromatic ring is 2. The van der Waals surface area contributed by atoms with Crippen molar-refractivity contribution in [3.63, 3.8) is 0 Å². The average Bonchev–Trinajstić information content (AvgIpc) is 3.08. The second-order valence-electron chi connectivity index (χ2n) is 14.5. The van der Waals surface area contributed by atoms with Gasteiger partial charge in [0.1, 0.15) is 0 Å². The van der Waals surface area contributed by atoms with E-state index in [0.717, 1.165) is 24.6 Å². The number of rotatable bonds is 34. The maximum atomic E-state index is 5.90. The lowest BCUT2D eigenvalue weighted by molar-refractivity contribution is 0.125. The number of anilines is 2. The van der Waals surface area contributed by atoms with Crippen LogP contribution >= 0.6 is 0 Å². The minimum atomic E-state index is 0.868. The SMILES string of the molecule is Nc1ccc(CCCCCCCCCCCCCCCCOCCCCCCCCCCCCCCCCc2ccc(N)cc2)cc1. The quantitative estimate of drug-likeness (QED) is 0.0586. The minimum absolute atomic E-state index is 0.868. The van der Waals surface area contributed by atoms with E-state index in [1.165, 1.54) is 204 Å². The molecule has 2 aromatic carbocycles. The molecular weight excluding hydrogens is 572 g/mol. The van der Waals surface area contributed by atoms with E-state index in [9.17, 15) is 0 Å². The second-order valence-corrected chi connectivity index (χ2v) is 14.5. The molecule has 3 nitrogen and oxygen atoms in total. The maximum Gasteiger partial charge on any atom is 0.0466 e. The molecule has 0 saturated carbocycles. The first-order chi connectivity index (χ1) is 23.2. The summed E-state index contributed by atoms with van der Waals surface area (Å²) in [5.41, 5.74) is 16.1. The van der Waals surface area contributed by atoms with E-state index >= 15 is 0 Å². The zero-order valence-corrected chi connectivity index (χ0v) is 30.8. The molecule has 0 aliphatic carbocycles. The summed E-state index contributed by atoms with van der Waals surface area (Å²) >= 11 is 0. The van der Waals surface area contributed by atoms with Crippen molar-refractivity contribution >= 4 is 11.4 Å². The number of nitrogens with two attached hydrogens (primary N) is 2. The van der Waals surface area contributed by atoms with Crippen LogP contribution < -0.4 is 11.5 Å². The van der Waals surface area contributed by atoms with E-state index in [0.29, 0.717) is 0 Å². The molecule has 0 amide bonds. The predicted molar refractivity (Wildman–Crippen MR) is 209 cm³/mol. The number of ether oxygens (including phenoxy) is 1. The van der Waals surface area contributed by atoms with Gasteiger partial charge in [0.2, 0.25) is 0 Å². The van der Waals surface area contributed by atoms with Gasteiger partial charge >= 0.3 is 0 Å². The molecule has 4 N–H and O–H groups in total. The molecule has 0 spiro atoms. The third kappa shape index (κ3) is 26.6. The van der Waals surface area contributed by atoms with Crippen molar-refractivity contribution in [2.24, 2.45) is 0 Å². The average molecular weight is 649 g/mol. The van der Waals surface area contributed by atoms with Crippen molar-refractivity contribution in [1.82, 2.24) is 0 Å². The van der Waals surface area contributed by atoms with Crippen molar-refractivity contribution in [1.29, 1.82) is 0 Å². The van der Waals surface area contributed by atoms with Gasteiger partial charge < -0.3 is 16.2 Å². The van der Waals surface area contributed by atoms with Gasteiger partial charge in [-0.15, -0.1) is 0 Å². The Morgan fingerprint density at radius 1 is 0.277 bits per heavy atom. The van der Waals surface area contributed by atoms with E-state index < -0.39 is 0 Å². The van der Waals surface area contributed by atoms with Gasteiger partial charge in [-0.25, -0.2) is 0 Å². The van der Waals surface area contributed by atoms with Crippen molar-refractivity contribution in [3.05, 3.63) is 59.7 Å². The van der Waals surface area contributed by atoms with Crippen molar-refractivity contribution < 1.29 is 4.74 Å². The number of benzene rings is 2. The molecule has 0 atom stereocenters. The molecule has 0 aliphatic rings. The van der Waals surface area contributed by atoms with E-state index in [1.54, 1.807) is 0 Å². The number of aryl methyl sites for hydroxylation is 2. The lowest BCUT2D eigenvalue weighted by atomic mass is 10.0. The standard InChI is InChI=1S/C44H76N2O/c45-43-35-31-41(32-36-43)29-25-21-17-13-9-5-1-3-7-11-15-19-23-27-39-47-40-28-24-20-16-12-8-4-2-6-10-14-18-22-26-30-42-33-37-44(46)38-34-42/h31-38H,1-30,39-40,45-46H2. The molecule has 0 unspecified atom stereocenters.